The number of fused-ring (bicyclic) bond motifs is 1. The Morgan fingerprint density at radius 2 is 2.17 bits per heavy atom. The molecule has 1 unspecified atom stereocenters. The minimum Gasteiger partial charge on any atom is -0.370 e. The van der Waals surface area contributed by atoms with Gasteiger partial charge in [-0.3, -0.25) is 9.36 Å². The summed E-state index contributed by atoms with van der Waals surface area (Å²) in [4.78, 5) is 27.2. The molecule has 1 aliphatic heterocycles. The van der Waals surface area contributed by atoms with E-state index in [-0.39, 0.29) is 23.9 Å². The first-order valence-corrected chi connectivity index (χ1v) is 10.1. The monoisotopic (exact) mass is 428 g/mol. The van der Waals surface area contributed by atoms with E-state index in [0.29, 0.717) is 17.4 Å². The van der Waals surface area contributed by atoms with E-state index in [1.54, 1.807) is 29.9 Å². The molecular formula is C20H21ClN6OS. The maximum atomic E-state index is 13.2. The van der Waals surface area contributed by atoms with Gasteiger partial charge in [0.2, 0.25) is 0 Å². The predicted octanol–water partition coefficient (Wildman–Crippen LogP) is 2.72. The molecule has 150 valence electrons. The highest BCUT2D eigenvalue weighted by Gasteiger charge is 2.21. The zero-order chi connectivity index (χ0) is 19.1. The summed E-state index contributed by atoms with van der Waals surface area (Å²) in [5, 5.41) is 3.46. The zero-order valence-corrected chi connectivity index (χ0v) is 17.2. The van der Waals surface area contributed by atoms with Gasteiger partial charge >= 0.3 is 0 Å². The third-order valence-electron chi connectivity index (χ3n) is 5.19. The molecule has 29 heavy (non-hydrogen) atoms. The van der Waals surface area contributed by atoms with Crippen LogP contribution in [0.4, 0.5) is 5.69 Å². The first-order valence-electron chi connectivity index (χ1n) is 9.26. The molecule has 0 spiro atoms. The van der Waals surface area contributed by atoms with E-state index in [4.69, 9.17) is 5.73 Å². The molecule has 1 atom stereocenters. The number of halogens is 1. The minimum atomic E-state index is 0. The molecule has 1 saturated heterocycles. The van der Waals surface area contributed by atoms with Gasteiger partial charge in [0, 0.05) is 72.4 Å². The summed E-state index contributed by atoms with van der Waals surface area (Å²) in [6.45, 7) is 1.77. The van der Waals surface area contributed by atoms with E-state index < -0.39 is 0 Å². The van der Waals surface area contributed by atoms with Crippen LogP contribution in [0, 0.1) is 0 Å². The van der Waals surface area contributed by atoms with E-state index in [2.05, 4.69) is 25.9 Å². The summed E-state index contributed by atoms with van der Waals surface area (Å²) in [6.07, 6.45) is 8.58. The topological polar surface area (TPSA) is 92.8 Å². The van der Waals surface area contributed by atoms with Crippen LogP contribution in [0.25, 0.3) is 16.0 Å². The van der Waals surface area contributed by atoms with Gasteiger partial charge in [-0.15, -0.1) is 23.7 Å². The highest BCUT2D eigenvalue weighted by molar-refractivity contribution is 7.12. The van der Waals surface area contributed by atoms with Crippen molar-refractivity contribution in [2.75, 3.05) is 18.0 Å². The van der Waals surface area contributed by atoms with Crippen LogP contribution in [0.5, 0.6) is 0 Å². The van der Waals surface area contributed by atoms with Gasteiger partial charge in [-0.2, -0.15) is 0 Å². The fraction of sp³-hybridized carbons (Fsp3) is 0.250. The van der Waals surface area contributed by atoms with Crippen LogP contribution in [0.3, 0.4) is 0 Å². The highest BCUT2D eigenvalue weighted by atomic mass is 35.5. The largest absolute Gasteiger partial charge is 0.370 e. The maximum absolute atomic E-state index is 13.2. The van der Waals surface area contributed by atoms with Gasteiger partial charge in [-0.05, 0) is 24.6 Å². The quantitative estimate of drug-likeness (QED) is 0.521. The molecule has 1 aliphatic rings. The number of imidazole rings is 1. The average molecular weight is 429 g/mol. The lowest BCUT2D eigenvalue weighted by Crippen LogP contribution is -2.26. The van der Waals surface area contributed by atoms with E-state index in [9.17, 15) is 4.79 Å². The fourth-order valence-electron chi connectivity index (χ4n) is 3.78. The smallest absolute Gasteiger partial charge is 0.193 e. The number of hydrogen-bond donors (Lipinski definition) is 2. The number of H-pyrrole nitrogens is 1. The van der Waals surface area contributed by atoms with Gasteiger partial charge in [0.05, 0.1) is 5.52 Å². The van der Waals surface area contributed by atoms with Crippen molar-refractivity contribution in [1.29, 1.82) is 0 Å². The average Bonchev–Trinajstić information content (AvgIpc) is 3.46. The Bertz CT molecular complexity index is 1170. The molecule has 0 amide bonds. The zero-order valence-electron chi connectivity index (χ0n) is 15.6. The molecule has 0 radical (unpaired) electrons. The van der Waals surface area contributed by atoms with Crippen molar-refractivity contribution >= 4 is 40.3 Å². The van der Waals surface area contributed by atoms with Crippen molar-refractivity contribution in [1.82, 2.24) is 19.5 Å². The number of hydrogen-bond acceptors (Lipinski definition) is 6. The van der Waals surface area contributed by atoms with Crippen LogP contribution >= 0.6 is 23.7 Å². The number of pyridine rings is 1. The number of nitrogens with one attached hydrogen (secondary N) is 1. The van der Waals surface area contributed by atoms with Crippen LogP contribution in [-0.2, 0) is 6.42 Å². The van der Waals surface area contributed by atoms with Crippen LogP contribution in [0.15, 0.2) is 53.2 Å². The summed E-state index contributed by atoms with van der Waals surface area (Å²) >= 11 is 1.54. The second kappa shape index (κ2) is 7.98. The molecule has 9 heteroatoms. The number of aromatic nitrogens is 4. The van der Waals surface area contributed by atoms with Gasteiger partial charge in [-0.1, -0.05) is 0 Å². The van der Waals surface area contributed by atoms with E-state index in [1.165, 1.54) is 0 Å². The van der Waals surface area contributed by atoms with E-state index in [0.717, 1.165) is 41.7 Å². The number of aromatic amines is 1. The normalized spacial score (nSPS) is 16.3. The highest BCUT2D eigenvalue weighted by Crippen LogP contribution is 2.26. The Kier molecular flexibility index (Phi) is 5.40. The van der Waals surface area contributed by atoms with Gasteiger partial charge in [0.15, 0.2) is 10.6 Å². The minimum absolute atomic E-state index is 0. The molecule has 3 N–H and O–H groups in total. The molecule has 1 aromatic carbocycles. The summed E-state index contributed by atoms with van der Waals surface area (Å²) in [6, 6.07) is 6.22. The number of nitrogens with two attached hydrogens (primary N) is 1. The Hall–Kier alpha value is -2.68. The number of rotatable bonds is 4. The number of benzene rings is 1. The second-order valence-corrected chi connectivity index (χ2v) is 7.95. The molecule has 3 aromatic heterocycles. The van der Waals surface area contributed by atoms with Crippen molar-refractivity contribution in [3.05, 3.63) is 70.0 Å². The maximum Gasteiger partial charge on any atom is 0.193 e. The first-order chi connectivity index (χ1) is 13.7. The Labute approximate surface area is 177 Å². The van der Waals surface area contributed by atoms with Crippen molar-refractivity contribution in [3.8, 4) is 5.13 Å². The Balaban J connectivity index is 0.00000205. The molecule has 0 saturated carbocycles. The third kappa shape index (κ3) is 3.66. The predicted molar refractivity (Wildman–Crippen MR) is 119 cm³/mol. The Morgan fingerprint density at radius 1 is 1.28 bits per heavy atom. The fourth-order valence-corrected chi connectivity index (χ4v) is 4.41. The van der Waals surface area contributed by atoms with Crippen molar-refractivity contribution < 1.29 is 0 Å². The first kappa shape index (κ1) is 19.6. The molecule has 4 aromatic rings. The van der Waals surface area contributed by atoms with Gasteiger partial charge < -0.3 is 15.6 Å². The lowest BCUT2D eigenvalue weighted by molar-refractivity contribution is 0.752. The molecular weight excluding hydrogens is 408 g/mol. The van der Waals surface area contributed by atoms with Crippen LogP contribution in [0.1, 0.15) is 17.8 Å². The van der Waals surface area contributed by atoms with Gasteiger partial charge in [-0.25, -0.2) is 9.97 Å². The molecule has 5 rings (SSSR count). The van der Waals surface area contributed by atoms with Crippen LogP contribution in [-0.4, -0.2) is 38.7 Å². The SMILES string of the molecule is Cl.NC1CCN(c2ccc3c(=O)c(Cc4ncc[nH]4)cn(-c4nccs4)c3c2)C1. The van der Waals surface area contributed by atoms with Crippen LogP contribution < -0.4 is 16.1 Å². The second-order valence-electron chi connectivity index (χ2n) is 7.08. The number of anilines is 1. The summed E-state index contributed by atoms with van der Waals surface area (Å²) < 4.78 is 2.01. The van der Waals surface area contributed by atoms with Crippen molar-refractivity contribution in [3.63, 3.8) is 0 Å². The van der Waals surface area contributed by atoms with Gasteiger partial charge in [0.25, 0.3) is 0 Å². The number of thiazole rings is 1. The van der Waals surface area contributed by atoms with Crippen molar-refractivity contribution in [2.45, 2.75) is 18.9 Å². The third-order valence-corrected chi connectivity index (χ3v) is 5.96. The molecule has 0 bridgehead atoms. The van der Waals surface area contributed by atoms with Crippen LogP contribution in [0.2, 0.25) is 0 Å². The standard InChI is InChI=1S/C20H20N6OS.ClH/c21-14-3-7-25(12-14)15-1-2-16-17(10-15)26(20-24-6-8-28-20)11-13(19(16)27)9-18-22-4-5-23-18;/h1-2,4-6,8,10-11,14H,3,7,9,12,21H2,(H,22,23);1H. The lowest BCUT2D eigenvalue weighted by Gasteiger charge is -2.20. The van der Waals surface area contributed by atoms with E-state index >= 15 is 0 Å². The summed E-state index contributed by atoms with van der Waals surface area (Å²) in [5.74, 6) is 0.768. The van der Waals surface area contributed by atoms with Gasteiger partial charge in [0.1, 0.15) is 5.82 Å². The summed E-state index contributed by atoms with van der Waals surface area (Å²) in [5.41, 5.74) is 8.75. The lowest BCUT2D eigenvalue weighted by atomic mass is 10.1. The Morgan fingerprint density at radius 3 is 2.86 bits per heavy atom. The van der Waals surface area contributed by atoms with Crippen molar-refractivity contribution in [2.24, 2.45) is 5.73 Å². The summed E-state index contributed by atoms with van der Waals surface area (Å²) in [7, 11) is 0. The molecule has 0 aliphatic carbocycles. The van der Waals surface area contributed by atoms with E-state index in [1.807, 2.05) is 28.3 Å². The molecule has 1 fully saturated rings. The molecule has 7 nitrogen and oxygen atoms in total. The molecule has 4 heterocycles. The number of nitrogens with zero attached hydrogens (tertiary/aromatic N) is 4.